The van der Waals surface area contributed by atoms with E-state index in [2.05, 4.69) is 20.8 Å². The molecule has 1 aliphatic rings. The summed E-state index contributed by atoms with van der Waals surface area (Å²) in [6.45, 7) is 6.65. The van der Waals surface area contributed by atoms with Gasteiger partial charge < -0.3 is 14.5 Å². The zero-order valence-electron chi connectivity index (χ0n) is 20.0. The summed E-state index contributed by atoms with van der Waals surface area (Å²) in [5, 5.41) is 11.8. The molecule has 1 N–H and O–H groups in total. The van der Waals surface area contributed by atoms with E-state index in [-0.39, 0.29) is 6.10 Å². The Balaban J connectivity index is 1.96. The van der Waals surface area contributed by atoms with Crippen LogP contribution >= 0.6 is 7.37 Å². The van der Waals surface area contributed by atoms with Crippen LogP contribution < -0.4 is 10.2 Å². The maximum absolute atomic E-state index is 14.4. The number of hydrogen-bond acceptors (Lipinski definition) is 4. The number of benzene rings is 2. The van der Waals surface area contributed by atoms with E-state index < -0.39 is 13.2 Å². The van der Waals surface area contributed by atoms with Gasteiger partial charge in [0.15, 0.2) is 5.85 Å². The lowest BCUT2D eigenvalue weighted by atomic mass is 9.75. The molecule has 4 nitrogen and oxygen atoms in total. The smallest absolute Gasteiger partial charge is 0.263 e. The van der Waals surface area contributed by atoms with Gasteiger partial charge in [-0.3, -0.25) is 4.57 Å². The number of aliphatic hydroxyl groups is 1. The van der Waals surface area contributed by atoms with Crippen molar-refractivity contribution in [3.8, 4) is 0 Å². The van der Waals surface area contributed by atoms with Gasteiger partial charge in [-0.15, -0.1) is 0 Å². The standard InChI is InChI=1S/C27H38NO3P/c1-20(2)25-17-11-21(3)19-26(25)31-32(30,24-15-13-23(14-16-24)28(4)5)27(29)18-12-22-9-7-6-8-10-22/h6-10,12-16,18,20-21,25-27,29H,11,17,19H2,1-5H3/b18-12+/t21-,25-,26-,27+,32-/m1/s1. The summed E-state index contributed by atoms with van der Waals surface area (Å²) >= 11 is 0. The van der Waals surface area contributed by atoms with Crippen LogP contribution in [0.25, 0.3) is 6.08 Å². The molecule has 1 saturated carbocycles. The van der Waals surface area contributed by atoms with Gasteiger partial charge >= 0.3 is 0 Å². The Kier molecular flexibility index (Phi) is 8.38. The molecule has 0 heterocycles. The van der Waals surface area contributed by atoms with Gasteiger partial charge in [-0.05, 0) is 66.5 Å². The molecule has 2 aromatic rings. The van der Waals surface area contributed by atoms with Gasteiger partial charge in [-0.25, -0.2) is 0 Å². The Hall–Kier alpha value is -1.87. The van der Waals surface area contributed by atoms with Gasteiger partial charge in [0.2, 0.25) is 0 Å². The molecule has 174 valence electrons. The number of hydrogen-bond donors (Lipinski definition) is 1. The van der Waals surface area contributed by atoms with E-state index in [1.807, 2.05) is 79.7 Å². The predicted molar refractivity (Wildman–Crippen MR) is 136 cm³/mol. The first-order valence-electron chi connectivity index (χ1n) is 11.7. The predicted octanol–water partition coefficient (Wildman–Crippen LogP) is 6.17. The molecule has 0 saturated heterocycles. The summed E-state index contributed by atoms with van der Waals surface area (Å²) in [7, 11) is 0.371. The lowest BCUT2D eigenvalue weighted by Gasteiger charge is -2.39. The zero-order valence-corrected chi connectivity index (χ0v) is 20.9. The average Bonchev–Trinajstić information content (AvgIpc) is 2.78. The molecule has 0 unspecified atom stereocenters. The molecule has 0 radical (unpaired) electrons. The molecule has 1 fully saturated rings. The molecule has 2 aromatic carbocycles. The van der Waals surface area contributed by atoms with Crippen molar-refractivity contribution in [2.45, 2.75) is 52.0 Å². The van der Waals surface area contributed by atoms with Gasteiger partial charge in [0.05, 0.1) is 6.10 Å². The minimum Gasteiger partial charge on any atom is -0.378 e. The Morgan fingerprint density at radius 2 is 1.72 bits per heavy atom. The lowest BCUT2D eigenvalue weighted by Crippen LogP contribution is -2.35. The highest BCUT2D eigenvalue weighted by molar-refractivity contribution is 7.67. The Morgan fingerprint density at radius 3 is 2.31 bits per heavy atom. The van der Waals surface area contributed by atoms with Crippen molar-refractivity contribution < 1.29 is 14.2 Å². The topological polar surface area (TPSA) is 49.8 Å². The molecule has 0 bridgehead atoms. The molecule has 5 atom stereocenters. The maximum atomic E-state index is 14.4. The Bertz CT molecular complexity index is 924. The summed E-state index contributed by atoms with van der Waals surface area (Å²) in [5.74, 6) is 0.0921. The summed E-state index contributed by atoms with van der Waals surface area (Å²) < 4.78 is 20.9. The van der Waals surface area contributed by atoms with Crippen molar-refractivity contribution in [1.29, 1.82) is 0 Å². The average molecular weight is 456 g/mol. The van der Waals surface area contributed by atoms with Crippen LogP contribution in [-0.2, 0) is 9.09 Å². The second-order valence-electron chi connectivity index (χ2n) is 9.66. The van der Waals surface area contributed by atoms with Crippen LogP contribution in [0.1, 0.15) is 45.6 Å². The van der Waals surface area contributed by atoms with E-state index in [1.54, 1.807) is 6.08 Å². The first kappa shape index (κ1) is 24.8. The SMILES string of the molecule is CC(C)[C@H]1CC[C@@H](C)C[C@H]1O[P@](=O)(c1ccc(N(C)C)cc1)[C@H](O)/C=C/c1ccccc1. The first-order valence-corrected chi connectivity index (χ1v) is 13.4. The van der Waals surface area contributed by atoms with Crippen molar-refractivity contribution in [2.75, 3.05) is 19.0 Å². The normalized spacial score (nSPS) is 24.4. The summed E-state index contributed by atoms with van der Waals surface area (Å²) in [6, 6.07) is 17.3. The van der Waals surface area contributed by atoms with Crippen molar-refractivity contribution >= 4 is 24.4 Å². The van der Waals surface area contributed by atoms with Gasteiger partial charge in [0.25, 0.3) is 7.37 Å². The molecule has 0 aromatic heterocycles. The third-order valence-corrected chi connectivity index (χ3v) is 9.06. The maximum Gasteiger partial charge on any atom is 0.263 e. The number of nitrogens with zero attached hydrogens (tertiary/aromatic N) is 1. The fourth-order valence-corrected chi connectivity index (χ4v) is 6.62. The minimum absolute atomic E-state index is 0.127. The second kappa shape index (κ2) is 10.8. The van der Waals surface area contributed by atoms with Crippen molar-refractivity contribution in [3.05, 3.63) is 66.2 Å². The quantitative estimate of drug-likeness (QED) is 0.484. The minimum atomic E-state index is -3.57. The van der Waals surface area contributed by atoms with E-state index >= 15 is 0 Å². The largest absolute Gasteiger partial charge is 0.378 e. The molecule has 0 spiro atoms. The van der Waals surface area contributed by atoms with Crippen LogP contribution in [0.15, 0.2) is 60.7 Å². The van der Waals surface area contributed by atoms with Gasteiger partial charge in [0.1, 0.15) is 0 Å². The summed E-state index contributed by atoms with van der Waals surface area (Å²) in [4.78, 5) is 2.00. The molecule has 0 amide bonds. The van der Waals surface area contributed by atoms with Gasteiger partial charge in [-0.2, -0.15) is 0 Å². The van der Waals surface area contributed by atoms with Crippen LogP contribution in [0.3, 0.4) is 0 Å². The van der Waals surface area contributed by atoms with Crippen LogP contribution in [-0.4, -0.2) is 31.2 Å². The van der Waals surface area contributed by atoms with Crippen LogP contribution in [0.4, 0.5) is 5.69 Å². The third-order valence-electron chi connectivity index (χ3n) is 6.59. The van der Waals surface area contributed by atoms with Crippen LogP contribution in [0.2, 0.25) is 0 Å². The fourth-order valence-electron chi connectivity index (χ4n) is 4.55. The summed E-state index contributed by atoms with van der Waals surface area (Å²) in [5.41, 5.74) is 1.97. The van der Waals surface area contributed by atoms with E-state index in [1.165, 1.54) is 6.42 Å². The third kappa shape index (κ3) is 5.92. The number of rotatable bonds is 8. The highest BCUT2D eigenvalue weighted by Crippen LogP contribution is 2.54. The molecular formula is C27H38NO3P. The fraction of sp³-hybridized carbons (Fsp3) is 0.481. The van der Waals surface area contributed by atoms with Crippen molar-refractivity contribution in [2.24, 2.45) is 17.8 Å². The van der Waals surface area contributed by atoms with Crippen molar-refractivity contribution in [1.82, 2.24) is 0 Å². The molecule has 0 aliphatic heterocycles. The number of anilines is 1. The Labute approximate surface area is 193 Å². The second-order valence-corrected chi connectivity index (χ2v) is 12.1. The highest BCUT2D eigenvalue weighted by Gasteiger charge is 2.41. The highest BCUT2D eigenvalue weighted by atomic mass is 31.2. The molecule has 32 heavy (non-hydrogen) atoms. The van der Waals surface area contributed by atoms with E-state index in [9.17, 15) is 9.67 Å². The molecule has 1 aliphatic carbocycles. The molecule has 3 rings (SSSR count). The number of aliphatic hydroxyl groups excluding tert-OH is 1. The summed E-state index contributed by atoms with van der Waals surface area (Å²) in [6.07, 6.45) is 6.42. The Morgan fingerprint density at radius 1 is 1.06 bits per heavy atom. The molecular weight excluding hydrogens is 417 g/mol. The van der Waals surface area contributed by atoms with Gasteiger partial charge in [-0.1, -0.05) is 63.6 Å². The van der Waals surface area contributed by atoms with Gasteiger partial charge in [0, 0.05) is 25.1 Å². The zero-order chi connectivity index (χ0) is 23.3. The van der Waals surface area contributed by atoms with Crippen LogP contribution in [0.5, 0.6) is 0 Å². The lowest BCUT2D eigenvalue weighted by molar-refractivity contribution is 0.0448. The van der Waals surface area contributed by atoms with E-state index in [4.69, 9.17) is 4.52 Å². The van der Waals surface area contributed by atoms with E-state index in [0.29, 0.717) is 23.1 Å². The van der Waals surface area contributed by atoms with Crippen LogP contribution in [0, 0.1) is 17.8 Å². The first-order chi connectivity index (χ1) is 15.2. The van der Waals surface area contributed by atoms with Crippen molar-refractivity contribution in [3.63, 3.8) is 0 Å². The molecule has 5 heteroatoms. The van der Waals surface area contributed by atoms with E-state index in [0.717, 1.165) is 24.1 Å². The monoisotopic (exact) mass is 455 g/mol.